The lowest BCUT2D eigenvalue weighted by Gasteiger charge is -2.27. The molecule has 1 aliphatic heterocycles. The zero-order chi connectivity index (χ0) is 33.4. The second-order valence-corrected chi connectivity index (χ2v) is 17.9. The van der Waals surface area contributed by atoms with Crippen molar-refractivity contribution in [3.05, 3.63) is 65.2 Å². The Bertz CT molecular complexity index is 1390. The molecular formula is C35H50N3O5PS2. The molecule has 252 valence electrons. The van der Waals surface area contributed by atoms with Gasteiger partial charge in [0.05, 0.1) is 18.0 Å². The Morgan fingerprint density at radius 2 is 1.63 bits per heavy atom. The molecular weight excluding hydrogens is 638 g/mol. The van der Waals surface area contributed by atoms with Crippen LogP contribution < -0.4 is 15.5 Å². The van der Waals surface area contributed by atoms with E-state index in [2.05, 4.69) is 65.5 Å². The summed E-state index contributed by atoms with van der Waals surface area (Å²) in [6, 6.07) is 16.4. The molecule has 1 unspecified atom stereocenters. The smallest absolute Gasteiger partial charge is 0.330 e. The number of nitrogens with one attached hydrogen (secondary N) is 2. The SMILES string of the molecule is CC(C)P(=O)(O)OCCCCCCNC(=O)CC(C)(C)SSCCNC(=O)CCCN1Cc2ccccc2C#Cc2ccccc21. The predicted octanol–water partition coefficient (Wildman–Crippen LogP) is 7.14. The average molecular weight is 688 g/mol. The zero-order valence-electron chi connectivity index (χ0n) is 27.7. The number of carbonyl (C=O) groups excluding carboxylic acids is 2. The summed E-state index contributed by atoms with van der Waals surface area (Å²) in [6.45, 7) is 10.5. The molecule has 0 radical (unpaired) electrons. The normalized spacial score (nSPS) is 13.8. The van der Waals surface area contributed by atoms with Crippen molar-refractivity contribution in [1.29, 1.82) is 0 Å². The first-order valence-corrected chi connectivity index (χ1v) is 20.2. The number of rotatable bonds is 20. The highest BCUT2D eigenvalue weighted by atomic mass is 33.1. The first kappa shape index (κ1) is 38.0. The summed E-state index contributed by atoms with van der Waals surface area (Å²) in [5.74, 6) is 7.49. The maximum Gasteiger partial charge on any atom is 0.330 e. The minimum Gasteiger partial charge on any atom is -0.366 e. The highest BCUT2D eigenvalue weighted by molar-refractivity contribution is 8.77. The van der Waals surface area contributed by atoms with Crippen molar-refractivity contribution < 1.29 is 23.6 Å². The van der Waals surface area contributed by atoms with Crippen LogP contribution >= 0.6 is 29.2 Å². The van der Waals surface area contributed by atoms with E-state index in [0.717, 1.165) is 67.8 Å². The van der Waals surface area contributed by atoms with Gasteiger partial charge in [0, 0.05) is 60.6 Å². The number of anilines is 1. The number of benzene rings is 2. The third-order valence-corrected chi connectivity index (χ3v) is 12.6. The van der Waals surface area contributed by atoms with Gasteiger partial charge in [-0.05, 0) is 56.9 Å². The van der Waals surface area contributed by atoms with Crippen LogP contribution in [-0.2, 0) is 25.2 Å². The van der Waals surface area contributed by atoms with Crippen LogP contribution in [-0.4, -0.2) is 59.1 Å². The molecule has 0 aromatic heterocycles. The van der Waals surface area contributed by atoms with Crippen LogP contribution in [0.15, 0.2) is 48.5 Å². The molecule has 0 saturated carbocycles. The van der Waals surface area contributed by atoms with Crippen molar-refractivity contribution in [2.45, 2.75) is 89.6 Å². The summed E-state index contributed by atoms with van der Waals surface area (Å²) in [7, 11) is -0.139. The predicted molar refractivity (Wildman–Crippen MR) is 193 cm³/mol. The molecule has 0 aliphatic carbocycles. The molecule has 2 amide bonds. The molecule has 2 aromatic carbocycles. The molecule has 8 nitrogen and oxygen atoms in total. The van der Waals surface area contributed by atoms with Crippen molar-refractivity contribution in [3.63, 3.8) is 0 Å². The van der Waals surface area contributed by atoms with Gasteiger partial charge in [-0.15, -0.1) is 0 Å². The van der Waals surface area contributed by atoms with Crippen molar-refractivity contribution in [2.75, 3.05) is 36.9 Å². The quantitative estimate of drug-likeness (QED) is 0.0584. The van der Waals surface area contributed by atoms with Crippen LogP contribution in [0.5, 0.6) is 0 Å². The Hall–Kier alpha value is -2.41. The van der Waals surface area contributed by atoms with E-state index in [1.54, 1.807) is 35.4 Å². The topological polar surface area (TPSA) is 108 Å². The fourth-order valence-electron chi connectivity index (χ4n) is 4.84. The maximum atomic E-state index is 12.6. The summed E-state index contributed by atoms with van der Waals surface area (Å²) in [6.07, 6.45) is 5.04. The number of carbonyl (C=O) groups is 2. The molecule has 11 heteroatoms. The number of hydrogen-bond acceptors (Lipinski definition) is 7. The van der Waals surface area contributed by atoms with Crippen LogP contribution in [0, 0.1) is 11.8 Å². The summed E-state index contributed by atoms with van der Waals surface area (Å²) < 4.78 is 16.7. The molecule has 3 rings (SSSR count). The molecule has 2 aromatic rings. The van der Waals surface area contributed by atoms with Gasteiger partial charge in [0.25, 0.3) is 0 Å². The van der Waals surface area contributed by atoms with Crippen LogP contribution in [0.3, 0.4) is 0 Å². The molecule has 46 heavy (non-hydrogen) atoms. The van der Waals surface area contributed by atoms with E-state index in [9.17, 15) is 19.0 Å². The van der Waals surface area contributed by atoms with Crippen molar-refractivity contribution >= 4 is 46.7 Å². The lowest BCUT2D eigenvalue weighted by atomic mass is 10.0. The molecule has 1 atom stereocenters. The van der Waals surface area contributed by atoms with Crippen molar-refractivity contribution in [1.82, 2.24) is 10.6 Å². The fraction of sp³-hybridized carbons (Fsp3) is 0.543. The van der Waals surface area contributed by atoms with Gasteiger partial charge in [0.1, 0.15) is 0 Å². The highest BCUT2D eigenvalue weighted by Gasteiger charge is 2.24. The molecule has 1 heterocycles. The van der Waals surface area contributed by atoms with E-state index >= 15 is 0 Å². The minimum absolute atomic E-state index is 0.0334. The summed E-state index contributed by atoms with van der Waals surface area (Å²) in [4.78, 5) is 37.0. The lowest BCUT2D eigenvalue weighted by molar-refractivity contribution is -0.122. The third kappa shape index (κ3) is 13.8. The molecule has 0 saturated heterocycles. The Morgan fingerprint density at radius 3 is 2.41 bits per heavy atom. The highest BCUT2D eigenvalue weighted by Crippen LogP contribution is 2.47. The fourth-order valence-corrected chi connectivity index (χ4v) is 7.94. The second-order valence-electron chi connectivity index (χ2n) is 12.4. The van der Waals surface area contributed by atoms with Crippen LogP contribution in [0.1, 0.15) is 89.3 Å². The minimum atomic E-state index is -3.49. The van der Waals surface area contributed by atoms with E-state index < -0.39 is 7.60 Å². The van der Waals surface area contributed by atoms with Gasteiger partial charge in [0.2, 0.25) is 11.8 Å². The molecule has 0 fully saturated rings. The van der Waals surface area contributed by atoms with E-state index in [0.29, 0.717) is 25.9 Å². The number of unbranched alkanes of at least 4 members (excludes halogenated alkanes) is 3. The average Bonchev–Trinajstić information content (AvgIpc) is 3.00. The summed E-state index contributed by atoms with van der Waals surface area (Å²) in [5, 5.41) is 6.04. The third-order valence-electron chi connectivity index (χ3n) is 7.49. The molecule has 0 spiro atoms. The zero-order valence-corrected chi connectivity index (χ0v) is 30.2. The molecule has 1 aliphatic rings. The van der Waals surface area contributed by atoms with E-state index in [4.69, 9.17) is 4.52 Å². The van der Waals surface area contributed by atoms with E-state index in [1.807, 2.05) is 24.3 Å². The number of amides is 2. The number of hydrogen-bond donors (Lipinski definition) is 3. The summed E-state index contributed by atoms with van der Waals surface area (Å²) in [5.41, 5.74) is 3.98. The van der Waals surface area contributed by atoms with Crippen molar-refractivity contribution in [2.24, 2.45) is 0 Å². The standard InChI is InChI=1S/C35H50N3O5PS2/c1-28(2)44(41,42)43-24-12-6-5-11-21-36-34(40)26-35(3,4)46-45-25-22-37-33(39)18-13-23-38-27-31-16-8-7-14-29(31)19-20-30-15-9-10-17-32(30)38/h7-10,14-17,28H,5-6,11-13,18,21-27H2,1-4H3,(H,36,40)(H,37,39)(H,41,42). The number of nitrogens with zero attached hydrogens (tertiary/aromatic N) is 1. The number of fused-ring (bicyclic) bond motifs is 2. The Labute approximate surface area is 283 Å². The van der Waals surface area contributed by atoms with Gasteiger partial charge in [-0.2, -0.15) is 0 Å². The first-order valence-electron chi connectivity index (χ1n) is 16.2. The van der Waals surface area contributed by atoms with Gasteiger partial charge >= 0.3 is 7.60 Å². The van der Waals surface area contributed by atoms with Gasteiger partial charge < -0.3 is 25.0 Å². The van der Waals surface area contributed by atoms with Gasteiger partial charge in [-0.3, -0.25) is 14.2 Å². The largest absolute Gasteiger partial charge is 0.366 e. The van der Waals surface area contributed by atoms with E-state index in [1.165, 1.54) is 5.56 Å². The molecule has 0 bridgehead atoms. The van der Waals surface area contributed by atoms with Crippen LogP contribution in [0.2, 0.25) is 0 Å². The van der Waals surface area contributed by atoms with Crippen LogP contribution in [0.25, 0.3) is 0 Å². The maximum absolute atomic E-state index is 12.6. The van der Waals surface area contributed by atoms with Crippen LogP contribution in [0.4, 0.5) is 5.69 Å². The monoisotopic (exact) mass is 687 g/mol. The van der Waals surface area contributed by atoms with Gasteiger partial charge in [-0.1, -0.05) is 90.4 Å². The Kier molecular flexibility index (Phi) is 16.1. The van der Waals surface area contributed by atoms with Crippen molar-refractivity contribution in [3.8, 4) is 11.8 Å². The van der Waals surface area contributed by atoms with Gasteiger partial charge in [0.15, 0.2) is 0 Å². The number of para-hydroxylation sites is 1. The second kappa shape index (κ2) is 19.4. The lowest BCUT2D eigenvalue weighted by Crippen LogP contribution is -2.31. The summed E-state index contributed by atoms with van der Waals surface area (Å²) >= 11 is 0. The van der Waals surface area contributed by atoms with E-state index in [-0.39, 0.29) is 28.8 Å². The Balaban J connectivity index is 1.25. The Morgan fingerprint density at radius 1 is 0.957 bits per heavy atom. The van der Waals surface area contributed by atoms with Gasteiger partial charge in [-0.25, -0.2) is 0 Å². The first-order chi connectivity index (χ1) is 22.0. The molecule has 3 N–H and O–H groups in total.